The van der Waals surface area contributed by atoms with E-state index in [1.807, 2.05) is 0 Å². The van der Waals surface area contributed by atoms with E-state index in [0.29, 0.717) is 0 Å². The number of primary amides is 1. The summed E-state index contributed by atoms with van der Waals surface area (Å²) in [6, 6.07) is 0. The van der Waals surface area contributed by atoms with Crippen LogP contribution < -0.4 is 10.5 Å². The molecule has 0 aliphatic carbocycles. The van der Waals surface area contributed by atoms with Crippen molar-refractivity contribution in [2.45, 2.75) is 6.42 Å². The van der Waals surface area contributed by atoms with Crippen LogP contribution in [0.2, 0.25) is 0 Å². The lowest BCUT2D eigenvalue weighted by Gasteiger charge is -2.02. The van der Waals surface area contributed by atoms with Crippen LogP contribution in [0.1, 0.15) is 6.42 Å². The molecule has 5 nitrogen and oxygen atoms in total. The zero-order valence-corrected chi connectivity index (χ0v) is 7.99. The molecule has 0 aromatic heterocycles. The first kappa shape index (κ1) is 11.7. The minimum absolute atomic E-state index is 0.00150. The molecule has 0 aliphatic heterocycles. The van der Waals surface area contributed by atoms with Crippen molar-refractivity contribution in [3.05, 3.63) is 0 Å². The van der Waals surface area contributed by atoms with Gasteiger partial charge in [-0.3, -0.25) is 4.79 Å². The molecule has 7 heteroatoms. The summed E-state index contributed by atoms with van der Waals surface area (Å²) in [6.07, 6.45) is 0.00150. The topological polar surface area (TPSA) is 89.3 Å². The van der Waals surface area contributed by atoms with E-state index in [-0.39, 0.29) is 24.6 Å². The van der Waals surface area contributed by atoms with Crippen molar-refractivity contribution in [2.24, 2.45) is 5.73 Å². The fraction of sp³-hybridized carbons (Fsp3) is 0.800. The van der Waals surface area contributed by atoms with Crippen molar-refractivity contribution in [1.29, 1.82) is 0 Å². The highest BCUT2D eigenvalue weighted by molar-refractivity contribution is 7.89. The number of nitrogens with one attached hydrogen (secondary N) is 1. The third-order valence-corrected chi connectivity index (χ3v) is 2.84. The van der Waals surface area contributed by atoms with Gasteiger partial charge in [0.05, 0.1) is 5.75 Å². The van der Waals surface area contributed by atoms with Crippen molar-refractivity contribution in [1.82, 2.24) is 4.72 Å². The smallest absolute Gasteiger partial charge is 0.218 e. The Balaban J connectivity index is 3.69. The van der Waals surface area contributed by atoms with Gasteiger partial charge < -0.3 is 5.73 Å². The fourth-order valence-electron chi connectivity index (χ4n) is 0.503. The van der Waals surface area contributed by atoms with E-state index in [4.69, 9.17) is 17.3 Å². The first-order valence-electron chi connectivity index (χ1n) is 3.29. The van der Waals surface area contributed by atoms with E-state index in [1.54, 1.807) is 0 Å². The number of nitrogens with two attached hydrogens (primary N) is 1. The minimum Gasteiger partial charge on any atom is -0.370 e. The molecule has 0 atom stereocenters. The van der Waals surface area contributed by atoms with Gasteiger partial charge in [-0.05, 0) is 0 Å². The van der Waals surface area contributed by atoms with Crippen molar-refractivity contribution in [3.63, 3.8) is 0 Å². The van der Waals surface area contributed by atoms with E-state index in [9.17, 15) is 13.2 Å². The zero-order valence-electron chi connectivity index (χ0n) is 6.42. The molecular weight excluding hydrogens is 204 g/mol. The summed E-state index contributed by atoms with van der Waals surface area (Å²) in [6.45, 7) is 0.0363. The lowest BCUT2D eigenvalue weighted by Crippen LogP contribution is -2.30. The summed E-state index contributed by atoms with van der Waals surface area (Å²) in [7, 11) is -3.32. The van der Waals surface area contributed by atoms with Crippen LogP contribution in [0.4, 0.5) is 0 Å². The molecule has 0 bridgehead atoms. The summed E-state index contributed by atoms with van der Waals surface area (Å²) >= 11 is 5.22. The fourth-order valence-corrected chi connectivity index (χ4v) is 1.87. The van der Waals surface area contributed by atoms with Gasteiger partial charge in [-0.1, -0.05) is 0 Å². The van der Waals surface area contributed by atoms with Crippen molar-refractivity contribution >= 4 is 27.5 Å². The van der Waals surface area contributed by atoms with Gasteiger partial charge in [-0.2, -0.15) is 0 Å². The maximum atomic E-state index is 10.9. The monoisotopic (exact) mass is 214 g/mol. The maximum Gasteiger partial charge on any atom is 0.218 e. The Morgan fingerprint density at radius 3 is 2.50 bits per heavy atom. The predicted molar refractivity (Wildman–Crippen MR) is 46.3 cm³/mol. The van der Waals surface area contributed by atoms with Crippen LogP contribution in [-0.2, 0) is 14.8 Å². The molecule has 0 fully saturated rings. The molecule has 0 spiro atoms. The number of carbonyl (C=O) groups is 1. The molecule has 0 heterocycles. The molecule has 1 amide bonds. The van der Waals surface area contributed by atoms with E-state index in [2.05, 4.69) is 4.72 Å². The van der Waals surface area contributed by atoms with Crippen molar-refractivity contribution in [2.75, 3.05) is 18.2 Å². The van der Waals surface area contributed by atoms with Crippen LogP contribution >= 0.6 is 11.6 Å². The third-order valence-electron chi connectivity index (χ3n) is 1.04. The van der Waals surface area contributed by atoms with Crippen molar-refractivity contribution in [3.8, 4) is 0 Å². The van der Waals surface area contributed by atoms with Crippen LogP contribution in [0.3, 0.4) is 0 Å². The lowest BCUT2D eigenvalue weighted by atomic mass is 10.4. The maximum absolute atomic E-state index is 10.9. The van der Waals surface area contributed by atoms with E-state index < -0.39 is 15.9 Å². The van der Waals surface area contributed by atoms with Gasteiger partial charge >= 0.3 is 0 Å². The Labute approximate surface area is 76.3 Å². The molecule has 0 radical (unpaired) electrons. The molecule has 0 aliphatic rings. The molecule has 0 saturated heterocycles. The Bertz CT molecular complexity index is 239. The van der Waals surface area contributed by atoms with E-state index >= 15 is 0 Å². The van der Waals surface area contributed by atoms with Gasteiger partial charge in [0.2, 0.25) is 15.9 Å². The van der Waals surface area contributed by atoms with Crippen LogP contribution in [-0.4, -0.2) is 32.5 Å². The summed E-state index contributed by atoms with van der Waals surface area (Å²) in [5.41, 5.74) is 4.80. The molecule has 0 saturated carbocycles. The highest BCUT2D eigenvalue weighted by atomic mass is 35.5. The number of alkyl halides is 1. The normalized spacial score (nSPS) is 11.4. The number of amides is 1. The van der Waals surface area contributed by atoms with Gasteiger partial charge in [0.15, 0.2) is 0 Å². The Hall–Kier alpha value is -0.330. The summed E-state index contributed by atoms with van der Waals surface area (Å²) in [5.74, 6) is -0.650. The van der Waals surface area contributed by atoms with Crippen molar-refractivity contribution < 1.29 is 13.2 Å². The zero-order chi connectivity index (χ0) is 9.61. The van der Waals surface area contributed by atoms with E-state index in [1.165, 1.54) is 0 Å². The number of rotatable bonds is 6. The highest BCUT2D eigenvalue weighted by Gasteiger charge is 2.07. The molecule has 72 valence electrons. The van der Waals surface area contributed by atoms with Gasteiger partial charge in [-0.15, -0.1) is 11.6 Å². The van der Waals surface area contributed by atoms with Gasteiger partial charge in [-0.25, -0.2) is 13.1 Å². The molecule has 0 rings (SSSR count). The van der Waals surface area contributed by atoms with Gasteiger partial charge in [0, 0.05) is 18.8 Å². The molecule has 0 aromatic rings. The quantitative estimate of drug-likeness (QED) is 0.557. The third kappa shape index (κ3) is 6.38. The second-order valence-electron chi connectivity index (χ2n) is 2.12. The molecular formula is C5H11ClN2O3S. The Kier molecular flexibility index (Phi) is 5.19. The van der Waals surface area contributed by atoms with Crippen LogP contribution in [0.25, 0.3) is 0 Å². The lowest BCUT2D eigenvalue weighted by molar-refractivity contribution is -0.117. The average molecular weight is 215 g/mol. The van der Waals surface area contributed by atoms with Gasteiger partial charge in [0.1, 0.15) is 0 Å². The molecule has 3 N–H and O–H groups in total. The molecule has 12 heavy (non-hydrogen) atoms. The second kappa shape index (κ2) is 5.34. The minimum atomic E-state index is -3.32. The number of sulfonamides is 1. The first-order valence-corrected chi connectivity index (χ1v) is 5.48. The van der Waals surface area contributed by atoms with Crippen LogP contribution in [0.15, 0.2) is 0 Å². The summed E-state index contributed by atoms with van der Waals surface area (Å²) < 4.78 is 23.9. The van der Waals surface area contributed by atoms with E-state index in [0.717, 1.165) is 0 Å². The molecule has 0 unspecified atom stereocenters. The summed E-state index contributed by atoms with van der Waals surface area (Å²) in [4.78, 5) is 10.2. The van der Waals surface area contributed by atoms with Gasteiger partial charge in [0.25, 0.3) is 0 Å². The first-order chi connectivity index (χ1) is 5.48. The Morgan fingerprint density at radius 1 is 1.50 bits per heavy atom. The van der Waals surface area contributed by atoms with Crippen LogP contribution in [0.5, 0.6) is 0 Å². The average Bonchev–Trinajstić information content (AvgIpc) is 1.85. The SMILES string of the molecule is NC(=O)CCNS(=O)(=O)CCCl. The number of hydrogen-bond acceptors (Lipinski definition) is 3. The predicted octanol–water partition coefficient (Wildman–Crippen LogP) is -0.980. The number of hydrogen-bond donors (Lipinski definition) is 2. The number of carbonyl (C=O) groups excluding carboxylic acids is 1. The Morgan fingerprint density at radius 2 is 2.08 bits per heavy atom. The largest absolute Gasteiger partial charge is 0.370 e. The number of halogens is 1. The second-order valence-corrected chi connectivity index (χ2v) is 4.42. The highest BCUT2D eigenvalue weighted by Crippen LogP contribution is 1.87. The van der Waals surface area contributed by atoms with Crippen LogP contribution in [0, 0.1) is 0 Å². The summed E-state index contributed by atoms with van der Waals surface area (Å²) in [5, 5.41) is 0. The standard InChI is InChI=1S/C5H11ClN2O3S/c6-2-4-12(10,11)8-3-1-5(7)9/h8H,1-4H2,(H2,7,9). The molecule has 0 aromatic carbocycles.